The molecule has 2 aromatic rings. The first kappa shape index (κ1) is 13.4. The maximum atomic E-state index is 11.7. The van der Waals surface area contributed by atoms with Gasteiger partial charge in [-0.25, -0.2) is 0 Å². The summed E-state index contributed by atoms with van der Waals surface area (Å²) in [4.78, 5) is 11.7. The minimum Gasteiger partial charge on any atom is -0.457 e. The zero-order valence-corrected chi connectivity index (χ0v) is 10.2. The fourth-order valence-electron chi connectivity index (χ4n) is 1.26. The van der Waals surface area contributed by atoms with Gasteiger partial charge in [0, 0.05) is 16.8 Å². The number of halogens is 2. The highest BCUT2D eigenvalue weighted by molar-refractivity contribution is 6.30. The average molecular weight is 273 g/mol. The summed E-state index contributed by atoms with van der Waals surface area (Å²) in [6, 6.07) is 8.34. The molecule has 1 aromatic heterocycles. The molecule has 0 aliphatic rings. The first-order valence-electron chi connectivity index (χ1n) is 4.56. The van der Waals surface area contributed by atoms with Crippen molar-refractivity contribution in [2.75, 3.05) is 11.1 Å². The van der Waals surface area contributed by atoms with E-state index in [1.165, 1.54) is 12.3 Å². The van der Waals surface area contributed by atoms with Crippen LogP contribution in [0.5, 0.6) is 0 Å². The largest absolute Gasteiger partial charge is 0.457 e. The number of nitrogens with two attached hydrogens (primary N) is 1. The Labute approximate surface area is 109 Å². The molecule has 0 unspecified atom stereocenters. The lowest BCUT2D eigenvalue weighted by Crippen LogP contribution is -2.12. The number of furan rings is 1. The van der Waals surface area contributed by atoms with Gasteiger partial charge in [-0.15, -0.1) is 12.4 Å². The van der Waals surface area contributed by atoms with E-state index in [1.54, 1.807) is 24.3 Å². The predicted molar refractivity (Wildman–Crippen MR) is 69.8 cm³/mol. The molecule has 4 nitrogen and oxygen atoms in total. The molecule has 0 aliphatic carbocycles. The number of benzene rings is 1. The van der Waals surface area contributed by atoms with E-state index in [0.29, 0.717) is 16.4 Å². The van der Waals surface area contributed by atoms with Gasteiger partial charge in [-0.3, -0.25) is 4.79 Å². The number of carbonyl (C=O) groups is 1. The van der Waals surface area contributed by atoms with E-state index < -0.39 is 5.91 Å². The maximum Gasteiger partial charge on any atom is 0.293 e. The number of hydrogen-bond donors (Lipinski definition) is 2. The molecular formula is C11H10Cl2N2O2. The van der Waals surface area contributed by atoms with Crippen molar-refractivity contribution in [1.82, 2.24) is 0 Å². The molecule has 0 aliphatic heterocycles. The Morgan fingerprint density at radius 2 is 2.12 bits per heavy atom. The standard InChI is InChI=1S/C11H9ClN2O2.ClH/c12-7-2-1-3-8(6-7)14-11(15)10-9(13)4-5-16-10;/h1-6H,13H2,(H,14,15);1H. The van der Waals surface area contributed by atoms with Gasteiger partial charge >= 0.3 is 0 Å². The fourth-order valence-corrected chi connectivity index (χ4v) is 1.45. The first-order chi connectivity index (χ1) is 7.66. The summed E-state index contributed by atoms with van der Waals surface area (Å²) in [6.07, 6.45) is 1.36. The van der Waals surface area contributed by atoms with Crippen LogP contribution in [-0.2, 0) is 0 Å². The normalized spacial score (nSPS) is 9.47. The summed E-state index contributed by atoms with van der Waals surface area (Å²) in [7, 11) is 0. The number of hydrogen-bond acceptors (Lipinski definition) is 3. The number of amides is 1. The van der Waals surface area contributed by atoms with Crippen molar-refractivity contribution in [2.45, 2.75) is 0 Å². The van der Waals surface area contributed by atoms with Crippen molar-refractivity contribution >= 4 is 41.3 Å². The van der Waals surface area contributed by atoms with Gasteiger partial charge in [-0.2, -0.15) is 0 Å². The molecule has 0 radical (unpaired) electrons. The molecule has 0 bridgehead atoms. The Morgan fingerprint density at radius 3 is 2.71 bits per heavy atom. The quantitative estimate of drug-likeness (QED) is 0.882. The second kappa shape index (κ2) is 5.61. The summed E-state index contributed by atoms with van der Waals surface area (Å²) in [5.74, 6) is -0.301. The van der Waals surface area contributed by atoms with Crippen LogP contribution in [0.4, 0.5) is 11.4 Å². The van der Waals surface area contributed by atoms with Gasteiger partial charge < -0.3 is 15.5 Å². The molecule has 1 heterocycles. The zero-order valence-electron chi connectivity index (χ0n) is 8.64. The molecule has 6 heteroatoms. The van der Waals surface area contributed by atoms with E-state index in [2.05, 4.69) is 5.32 Å². The molecule has 1 amide bonds. The number of anilines is 2. The van der Waals surface area contributed by atoms with Crippen molar-refractivity contribution < 1.29 is 9.21 Å². The zero-order chi connectivity index (χ0) is 11.5. The van der Waals surface area contributed by atoms with Crippen LogP contribution in [0.3, 0.4) is 0 Å². The Bertz CT molecular complexity index is 526. The summed E-state index contributed by atoms with van der Waals surface area (Å²) < 4.78 is 4.96. The minimum atomic E-state index is -0.398. The van der Waals surface area contributed by atoms with E-state index >= 15 is 0 Å². The lowest BCUT2D eigenvalue weighted by atomic mass is 10.3. The smallest absolute Gasteiger partial charge is 0.293 e. The van der Waals surface area contributed by atoms with Crippen molar-refractivity contribution in [1.29, 1.82) is 0 Å². The molecular weight excluding hydrogens is 263 g/mol. The molecule has 0 saturated carbocycles. The molecule has 0 atom stereocenters. The summed E-state index contributed by atoms with van der Waals surface area (Å²) in [6.45, 7) is 0. The lowest BCUT2D eigenvalue weighted by molar-refractivity contribution is 0.0998. The van der Waals surface area contributed by atoms with Gasteiger partial charge in [0.25, 0.3) is 5.91 Å². The van der Waals surface area contributed by atoms with Crippen molar-refractivity contribution in [3.8, 4) is 0 Å². The third kappa shape index (κ3) is 3.15. The van der Waals surface area contributed by atoms with Crippen molar-refractivity contribution in [3.63, 3.8) is 0 Å². The fraction of sp³-hybridized carbons (Fsp3) is 0. The van der Waals surface area contributed by atoms with Gasteiger partial charge in [-0.05, 0) is 18.2 Å². The first-order valence-corrected chi connectivity index (χ1v) is 4.94. The van der Waals surface area contributed by atoms with Gasteiger partial charge in [0.2, 0.25) is 5.76 Å². The highest BCUT2D eigenvalue weighted by Crippen LogP contribution is 2.18. The minimum absolute atomic E-state index is 0. The van der Waals surface area contributed by atoms with Gasteiger partial charge in [0.15, 0.2) is 0 Å². The third-order valence-corrected chi connectivity index (χ3v) is 2.22. The van der Waals surface area contributed by atoms with Crippen molar-refractivity contribution in [3.05, 3.63) is 47.4 Å². The lowest BCUT2D eigenvalue weighted by Gasteiger charge is -2.03. The van der Waals surface area contributed by atoms with E-state index in [9.17, 15) is 4.79 Å². The molecule has 1 aromatic carbocycles. The topological polar surface area (TPSA) is 68.3 Å². The van der Waals surface area contributed by atoms with Crippen molar-refractivity contribution in [2.24, 2.45) is 0 Å². The van der Waals surface area contributed by atoms with Gasteiger partial charge in [0.1, 0.15) is 0 Å². The molecule has 2 rings (SSSR count). The Kier molecular flexibility index (Phi) is 4.43. The Hall–Kier alpha value is -1.65. The van der Waals surface area contributed by atoms with E-state index in [0.717, 1.165) is 0 Å². The second-order valence-electron chi connectivity index (χ2n) is 3.17. The Balaban J connectivity index is 0.00000144. The molecule has 0 spiro atoms. The predicted octanol–water partition coefficient (Wildman–Crippen LogP) is 3.19. The molecule has 3 N–H and O–H groups in total. The molecule has 90 valence electrons. The van der Waals surface area contributed by atoms with E-state index in [-0.39, 0.29) is 18.2 Å². The monoisotopic (exact) mass is 272 g/mol. The molecule has 0 saturated heterocycles. The van der Waals surface area contributed by atoms with Crippen LogP contribution >= 0.6 is 24.0 Å². The van der Waals surface area contributed by atoms with Crippen LogP contribution in [0.15, 0.2) is 41.0 Å². The van der Waals surface area contributed by atoms with Gasteiger partial charge in [0.05, 0.1) is 12.0 Å². The highest BCUT2D eigenvalue weighted by Gasteiger charge is 2.13. The second-order valence-corrected chi connectivity index (χ2v) is 3.61. The maximum absolute atomic E-state index is 11.7. The van der Waals surface area contributed by atoms with Crippen LogP contribution in [-0.4, -0.2) is 5.91 Å². The molecule has 17 heavy (non-hydrogen) atoms. The summed E-state index contributed by atoms with van der Waals surface area (Å²) in [5.41, 5.74) is 6.44. The summed E-state index contributed by atoms with van der Waals surface area (Å²) >= 11 is 5.79. The van der Waals surface area contributed by atoms with E-state index in [4.69, 9.17) is 21.8 Å². The van der Waals surface area contributed by atoms with E-state index in [1.807, 2.05) is 0 Å². The average Bonchev–Trinajstić information content (AvgIpc) is 2.64. The summed E-state index contributed by atoms with van der Waals surface area (Å²) in [5, 5.41) is 3.18. The number of carbonyl (C=O) groups excluding carboxylic acids is 1. The number of nitrogen functional groups attached to an aromatic ring is 1. The Morgan fingerprint density at radius 1 is 1.35 bits per heavy atom. The number of rotatable bonds is 2. The van der Waals surface area contributed by atoms with Gasteiger partial charge in [-0.1, -0.05) is 17.7 Å². The molecule has 0 fully saturated rings. The highest BCUT2D eigenvalue weighted by atomic mass is 35.5. The SMILES string of the molecule is Cl.Nc1ccoc1C(=O)Nc1cccc(Cl)c1. The third-order valence-electron chi connectivity index (χ3n) is 1.98. The van der Waals surface area contributed by atoms with Crippen LogP contribution in [0.2, 0.25) is 5.02 Å². The van der Waals surface area contributed by atoms with Crippen LogP contribution in [0.1, 0.15) is 10.6 Å². The van der Waals surface area contributed by atoms with Crippen LogP contribution in [0, 0.1) is 0 Å². The number of nitrogens with one attached hydrogen (secondary N) is 1. The van der Waals surface area contributed by atoms with Crippen LogP contribution in [0.25, 0.3) is 0 Å². The van der Waals surface area contributed by atoms with Crippen LogP contribution < -0.4 is 11.1 Å².